The third-order valence-electron chi connectivity index (χ3n) is 3.57. The van der Waals surface area contributed by atoms with Crippen molar-refractivity contribution < 1.29 is 14.3 Å². The lowest BCUT2D eigenvalue weighted by Gasteiger charge is -2.10. The average Bonchev–Trinajstić information content (AvgIpc) is 2.74. The van der Waals surface area contributed by atoms with Crippen LogP contribution in [0.5, 0.6) is 11.6 Å². The summed E-state index contributed by atoms with van der Waals surface area (Å²) in [5.41, 5.74) is 1.27. The van der Waals surface area contributed by atoms with Gasteiger partial charge in [-0.25, -0.2) is 4.79 Å². The standard InChI is InChI=1S/C20H13N5O3/c1-2-27-20(26)17-19(28-16-8-6-13(11-21)7-9-16)23-18(25-24-17)15-5-3-4-14(10-15)12-22/h3-10H,2H2,1H3. The molecule has 0 saturated heterocycles. The fraction of sp³-hybridized carbons (Fsp3) is 0.100. The summed E-state index contributed by atoms with van der Waals surface area (Å²) in [5, 5.41) is 25.8. The fourth-order valence-corrected chi connectivity index (χ4v) is 2.27. The van der Waals surface area contributed by atoms with Gasteiger partial charge in [0.05, 0.1) is 29.9 Å². The SMILES string of the molecule is CCOC(=O)c1nnc(-c2cccc(C#N)c2)nc1Oc1ccc(C#N)cc1. The number of hydrogen-bond acceptors (Lipinski definition) is 8. The van der Waals surface area contributed by atoms with Crippen molar-refractivity contribution in [2.75, 3.05) is 6.61 Å². The molecule has 0 bridgehead atoms. The Bertz CT molecular complexity index is 1100. The molecular weight excluding hydrogens is 358 g/mol. The van der Waals surface area contributed by atoms with E-state index in [-0.39, 0.29) is 24.0 Å². The highest BCUT2D eigenvalue weighted by molar-refractivity contribution is 5.89. The predicted molar refractivity (Wildman–Crippen MR) is 97.2 cm³/mol. The summed E-state index contributed by atoms with van der Waals surface area (Å²) in [6, 6.07) is 17.0. The Hall–Kier alpha value is -4.30. The lowest BCUT2D eigenvalue weighted by atomic mass is 10.1. The number of nitriles is 2. The van der Waals surface area contributed by atoms with Crippen LogP contribution in [0, 0.1) is 22.7 Å². The Balaban J connectivity index is 2.03. The topological polar surface area (TPSA) is 122 Å². The molecule has 0 atom stereocenters. The number of nitrogens with zero attached hydrogens (tertiary/aromatic N) is 5. The normalized spacial score (nSPS) is 9.82. The van der Waals surface area contributed by atoms with E-state index in [0.717, 1.165) is 0 Å². The summed E-state index contributed by atoms with van der Waals surface area (Å²) in [4.78, 5) is 16.5. The van der Waals surface area contributed by atoms with E-state index in [1.165, 1.54) is 0 Å². The van der Waals surface area contributed by atoms with Gasteiger partial charge in [0.25, 0.3) is 5.88 Å². The van der Waals surface area contributed by atoms with Crippen molar-refractivity contribution in [3.63, 3.8) is 0 Å². The molecule has 1 aromatic heterocycles. The molecule has 8 nitrogen and oxygen atoms in total. The van der Waals surface area contributed by atoms with Crippen LogP contribution in [-0.2, 0) is 4.74 Å². The molecule has 0 spiro atoms. The van der Waals surface area contributed by atoms with E-state index in [2.05, 4.69) is 15.2 Å². The van der Waals surface area contributed by atoms with Crippen LogP contribution in [0.25, 0.3) is 11.4 Å². The van der Waals surface area contributed by atoms with Crippen molar-refractivity contribution in [3.05, 3.63) is 65.4 Å². The van der Waals surface area contributed by atoms with E-state index in [0.29, 0.717) is 22.4 Å². The first-order chi connectivity index (χ1) is 13.6. The summed E-state index contributed by atoms with van der Waals surface area (Å²) < 4.78 is 10.7. The lowest BCUT2D eigenvalue weighted by Crippen LogP contribution is -2.12. The highest BCUT2D eigenvalue weighted by Crippen LogP contribution is 2.25. The molecule has 0 N–H and O–H groups in total. The van der Waals surface area contributed by atoms with Gasteiger partial charge in [0.2, 0.25) is 5.69 Å². The van der Waals surface area contributed by atoms with Crippen LogP contribution in [0.15, 0.2) is 48.5 Å². The second-order valence-corrected chi connectivity index (χ2v) is 5.44. The number of carbonyl (C=O) groups is 1. The van der Waals surface area contributed by atoms with E-state index in [1.54, 1.807) is 55.5 Å². The van der Waals surface area contributed by atoms with E-state index in [4.69, 9.17) is 20.0 Å². The van der Waals surface area contributed by atoms with Gasteiger partial charge in [-0.2, -0.15) is 15.5 Å². The van der Waals surface area contributed by atoms with Gasteiger partial charge in [0.1, 0.15) is 5.75 Å². The van der Waals surface area contributed by atoms with Gasteiger partial charge >= 0.3 is 5.97 Å². The molecule has 0 aliphatic heterocycles. The fourth-order valence-electron chi connectivity index (χ4n) is 2.27. The Morgan fingerprint density at radius 2 is 1.79 bits per heavy atom. The van der Waals surface area contributed by atoms with E-state index < -0.39 is 5.97 Å². The monoisotopic (exact) mass is 371 g/mol. The molecule has 3 aromatic rings. The number of ether oxygens (including phenoxy) is 2. The van der Waals surface area contributed by atoms with Crippen LogP contribution >= 0.6 is 0 Å². The molecule has 0 unspecified atom stereocenters. The molecule has 0 radical (unpaired) electrons. The lowest BCUT2D eigenvalue weighted by molar-refractivity contribution is 0.0514. The Kier molecular flexibility index (Phi) is 5.54. The number of benzene rings is 2. The summed E-state index contributed by atoms with van der Waals surface area (Å²) in [6.07, 6.45) is 0. The van der Waals surface area contributed by atoms with E-state index >= 15 is 0 Å². The van der Waals surface area contributed by atoms with Crippen molar-refractivity contribution in [3.8, 4) is 35.2 Å². The molecule has 28 heavy (non-hydrogen) atoms. The smallest absolute Gasteiger partial charge is 0.364 e. The van der Waals surface area contributed by atoms with E-state index in [9.17, 15) is 4.79 Å². The van der Waals surface area contributed by atoms with Crippen LogP contribution in [0.1, 0.15) is 28.5 Å². The summed E-state index contributed by atoms with van der Waals surface area (Å²) in [5.74, 6) is -0.255. The van der Waals surface area contributed by atoms with Gasteiger partial charge in [0, 0.05) is 5.56 Å². The Morgan fingerprint density at radius 3 is 2.46 bits per heavy atom. The van der Waals surface area contributed by atoms with Gasteiger partial charge in [-0.05, 0) is 43.3 Å². The third kappa shape index (κ3) is 4.09. The highest BCUT2D eigenvalue weighted by atomic mass is 16.5. The van der Waals surface area contributed by atoms with Crippen LogP contribution in [0.4, 0.5) is 0 Å². The minimum atomic E-state index is -0.719. The molecule has 0 aliphatic rings. The zero-order valence-electron chi connectivity index (χ0n) is 14.8. The van der Waals surface area contributed by atoms with Gasteiger partial charge in [-0.1, -0.05) is 12.1 Å². The minimum Gasteiger partial charge on any atom is -0.461 e. The molecule has 3 rings (SSSR count). The molecule has 0 amide bonds. The summed E-state index contributed by atoms with van der Waals surface area (Å²) in [7, 11) is 0. The van der Waals surface area contributed by atoms with Gasteiger partial charge < -0.3 is 9.47 Å². The van der Waals surface area contributed by atoms with Crippen molar-refractivity contribution in [1.82, 2.24) is 15.2 Å². The molecule has 0 fully saturated rings. The van der Waals surface area contributed by atoms with Crippen LogP contribution in [0.3, 0.4) is 0 Å². The molecule has 1 heterocycles. The maximum atomic E-state index is 12.2. The van der Waals surface area contributed by atoms with Crippen molar-refractivity contribution in [1.29, 1.82) is 10.5 Å². The van der Waals surface area contributed by atoms with Gasteiger partial charge in [0.15, 0.2) is 5.82 Å². The molecule has 0 aliphatic carbocycles. The average molecular weight is 371 g/mol. The number of rotatable bonds is 5. The second-order valence-electron chi connectivity index (χ2n) is 5.44. The molecule has 2 aromatic carbocycles. The number of esters is 1. The maximum Gasteiger partial charge on any atom is 0.364 e. The number of hydrogen-bond donors (Lipinski definition) is 0. The van der Waals surface area contributed by atoms with Crippen molar-refractivity contribution in [2.45, 2.75) is 6.92 Å². The van der Waals surface area contributed by atoms with Gasteiger partial charge in [-0.15, -0.1) is 10.2 Å². The zero-order chi connectivity index (χ0) is 19.9. The third-order valence-corrected chi connectivity index (χ3v) is 3.57. The highest BCUT2D eigenvalue weighted by Gasteiger charge is 2.21. The first-order valence-corrected chi connectivity index (χ1v) is 8.25. The van der Waals surface area contributed by atoms with Crippen molar-refractivity contribution in [2.24, 2.45) is 0 Å². The first kappa shape index (κ1) is 18.5. The zero-order valence-corrected chi connectivity index (χ0v) is 14.8. The number of carbonyl (C=O) groups excluding carboxylic acids is 1. The minimum absolute atomic E-state index is 0.0875. The largest absolute Gasteiger partial charge is 0.461 e. The molecular formula is C20H13N5O3. The Labute approximate surface area is 160 Å². The first-order valence-electron chi connectivity index (χ1n) is 8.25. The van der Waals surface area contributed by atoms with E-state index in [1.807, 2.05) is 12.1 Å². The van der Waals surface area contributed by atoms with Crippen LogP contribution in [-0.4, -0.2) is 27.8 Å². The quantitative estimate of drug-likeness (QED) is 0.626. The maximum absolute atomic E-state index is 12.2. The number of aromatic nitrogens is 3. The Morgan fingerprint density at radius 1 is 1.04 bits per heavy atom. The van der Waals surface area contributed by atoms with Gasteiger partial charge in [-0.3, -0.25) is 0 Å². The predicted octanol–water partition coefficient (Wildman–Crippen LogP) is 3.25. The van der Waals surface area contributed by atoms with Crippen molar-refractivity contribution >= 4 is 5.97 Å². The van der Waals surface area contributed by atoms with Crippen LogP contribution < -0.4 is 4.74 Å². The molecule has 8 heteroatoms. The second kappa shape index (κ2) is 8.39. The summed E-state index contributed by atoms with van der Waals surface area (Å²) in [6.45, 7) is 1.82. The molecule has 0 saturated carbocycles. The molecule has 136 valence electrons. The summed E-state index contributed by atoms with van der Waals surface area (Å²) >= 11 is 0. The van der Waals surface area contributed by atoms with Crippen LogP contribution in [0.2, 0.25) is 0 Å².